The third-order valence-electron chi connectivity index (χ3n) is 2.64. The van der Waals surface area contributed by atoms with Gasteiger partial charge < -0.3 is 15.7 Å². The number of nitrogens with two attached hydrogens (primary N) is 1. The average molecular weight is 315 g/mol. The van der Waals surface area contributed by atoms with Gasteiger partial charge in [0, 0.05) is 12.0 Å². The molecule has 0 bridgehead atoms. The molecule has 0 atom stereocenters. The molecule has 6 heteroatoms. The lowest BCUT2D eigenvalue weighted by atomic mass is 10.0. The molecule has 0 spiro atoms. The number of oxime groups is 1. The summed E-state index contributed by atoms with van der Waals surface area (Å²) in [5.74, 6) is -0.117. The monoisotopic (exact) mass is 314 g/mol. The van der Waals surface area contributed by atoms with Gasteiger partial charge in [-0.25, -0.2) is 4.39 Å². The number of hydrogen-bond donors (Lipinski definition) is 2. The standard InChI is InChI=1S/C15H20ClFN2O2/c1-9(21-15(2,3)4)5-6-10-7-12(16)11(8-13(10)17)14(18)19-20/h7-8,20H,1,5-6H2,2-4H3,(H2,18,19). The molecule has 0 amide bonds. The zero-order valence-corrected chi connectivity index (χ0v) is 13.2. The van der Waals surface area contributed by atoms with Crippen LogP contribution < -0.4 is 5.73 Å². The number of benzene rings is 1. The Morgan fingerprint density at radius 2 is 2.10 bits per heavy atom. The Bertz CT molecular complexity index is 566. The molecule has 116 valence electrons. The van der Waals surface area contributed by atoms with E-state index in [9.17, 15) is 4.39 Å². The maximum Gasteiger partial charge on any atom is 0.171 e. The maximum atomic E-state index is 14.0. The molecule has 21 heavy (non-hydrogen) atoms. The molecule has 1 aromatic carbocycles. The molecule has 0 unspecified atom stereocenters. The highest BCUT2D eigenvalue weighted by Gasteiger charge is 2.15. The number of ether oxygens (including phenoxy) is 1. The summed E-state index contributed by atoms with van der Waals surface area (Å²) < 4.78 is 19.6. The summed E-state index contributed by atoms with van der Waals surface area (Å²) in [6.45, 7) is 9.57. The van der Waals surface area contributed by atoms with E-state index < -0.39 is 5.82 Å². The lowest BCUT2D eigenvalue weighted by Gasteiger charge is -2.23. The van der Waals surface area contributed by atoms with E-state index in [0.717, 1.165) is 6.07 Å². The summed E-state index contributed by atoms with van der Waals surface area (Å²) in [6, 6.07) is 2.62. The minimum atomic E-state index is -0.468. The molecule has 0 aliphatic heterocycles. The Balaban J connectivity index is 2.82. The van der Waals surface area contributed by atoms with Crippen molar-refractivity contribution in [1.82, 2.24) is 0 Å². The summed E-state index contributed by atoms with van der Waals surface area (Å²) in [4.78, 5) is 0. The Morgan fingerprint density at radius 3 is 2.62 bits per heavy atom. The van der Waals surface area contributed by atoms with E-state index >= 15 is 0 Å². The number of amidine groups is 1. The molecule has 1 aromatic rings. The first-order valence-corrected chi connectivity index (χ1v) is 6.84. The third kappa shape index (κ3) is 5.27. The van der Waals surface area contributed by atoms with Crippen molar-refractivity contribution in [3.63, 3.8) is 0 Å². The molecular formula is C15H20ClFN2O2. The van der Waals surface area contributed by atoms with Crippen LogP contribution in [0.3, 0.4) is 0 Å². The summed E-state index contributed by atoms with van der Waals surface area (Å²) >= 11 is 6.00. The van der Waals surface area contributed by atoms with Gasteiger partial charge in [-0.2, -0.15) is 0 Å². The fourth-order valence-corrected chi connectivity index (χ4v) is 2.07. The highest BCUT2D eigenvalue weighted by molar-refractivity contribution is 6.34. The first-order chi connectivity index (χ1) is 9.64. The number of rotatable bonds is 5. The molecule has 0 fully saturated rings. The highest BCUT2D eigenvalue weighted by Crippen LogP contribution is 2.23. The number of aryl methyl sites for hydroxylation is 1. The van der Waals surface area contributed by atoms with E-state index in [1.807, 2.05) is 20.8 Å². The van der Waals surface area contributed by atoms with Crippen LogP contribution in [0, 0.1) is 5.82 Å². The first kappa shape index (κ1) is 17.3. The second-order valence-electron chi connectivity index (χ2n) is 5.66. The number of allylic oxidation sites excluding steroid dienone is 1. The summed E-state index contributed by atoms with van der Waals surface area (Å²) in [7, 11) is 0. The van der Waals surface area contributed by atoms with Crippen LogP contribution in [0.15, 0.2) is 29.6 Å². The van der Waals surface area contributed by atoms with Gasteiger partial charge in [0.1, 0.15) is 11.4 Å². The van der Waals surface area contributed by atoms with Crippen LogP contribution in [0.4, 0.5) is 4.39 Å². The van der Waals surface area contributed by atoms with Crippen molar-refractivity contribution in [2.45, 2.75) is 39.2 Å². The van der Waals surface area contributed by atoms with Gasteiger partial charge in [0.15, 0.2) is 5.84 Å². The van der Waals surface area contributed by atoms with Crippen LogP contribution in [0.1, 0.15) is 38.3 Å². The van der Waals surface area contributed by atoms with Gasteiger partial charge in [-0.05, 0) is 44.9 Å². The van der Waals surface area contributed by atoms with Gasteiger partial charge in [0.05, 0.1) is 10.8 Å². The van der Waals surface area contributed by atoms with Gasteiger partial charge in [-0.15, -0.1) is 0 Å². The largest absolute Gasteiger partial charge is 0.493 e. The first-order valence-electron chi connectivity index (χ1n) is 6.46. The maximum absolute atomic E-state index is 14.0. The summed E-state index contributed by atoms with van der Waals surface area (Å²) in [6.07, 6.45) is 0.879. The summed E-state index contributed by atoms with van der Waals surface area (Å²) in [5.41, 5.74) is 5.67. The van der Waals surface area contributed by atoms with E-state index in [1.165, 1.54) is 6.07 Å². The van der Waals surface area contributed by atoms with Gasteiger partial charge >= 0.3 is 0 Å². The Kier molecular flexibility index (Phi) is 5.61. The molecule has 0 aliphatic rings. The molecule has 0 heterocycles. The van der Waals surface area contributed by atoms with Crippen molar-refractivity contribution in [2.75, 3.05) is 0 Å². The summed E-state index contributed by atoms with van der Waals surface area (Å²) in [5, 5.41) is 11.7. The molecule has 3 N–H and O–H groups in total. The van der Waals surface area contributed by atoms with E-state index in [1.54, 1.807) is 0 Å². The topological polar surface area (TPSA) is 67.8 Å². The van der Waals surface area contributed by atoms with Gasteiger partial charge in [-0.1, -0.05) is 23.3 Å². The van der Waals surface area contributed by atoms with E-state index in [0.29, 0.717) is 24.2 Å². The van der Waals surface area contributed by atoms with Crippen molar-refractivity contribution < 1.29 is 14.3 Å². The van der Waals surface area contributed by atoms with Crippen molar-refractivity contribution in [1.29, 1.82) is 0 Å². The van der Waals surface area contributed by atoms with Crippen molar-refractivity contribution in [3.05, 3.63) is 46.4 Å². The molecule has 0 radical (unpaired) electrons. The van der Waals surface area contributed by atoms with Crippen LogP contribution in [0.5, 0.6) is 0 Å². The third-order valence-corrected chi connectivity index (χ3v) is 2.96. The van der Waals surface area contributed by atoms with Gasteiger partial charge in [0.2, 0.25) is 0 Å². The molecular weight excluding hydrogens is 295 g/mol. The lowest BCUT2D eigenvalue weighted by molar-refractivity contribution is 0.0479. The SMILES string of the molecule is C=C(CCc1cc(Cl)c(/C(N)=N/O)cc1F)OC(C)(C)C. The Morgan fingerprint density at radius 1 is 1.48 bits per heavy atom. The molecule has 4 nitrogen and oxygen atoms in total. The second-order valence-corrected chi connectivity index (χ2v) is 6.07. The van der Waals surface area contributed by atoms with E-state index in [4.69, 9.17) is 27.3 Å². The molecule has 0 aliphatic carbocycles. The lowest BCUT2D eigenvalue weighted by Crippen LogP contribution is -2.18. The zero-order chi connectivity index (χ0) is 16.2. The van der Waals surface area contributed by atoms with Crippen molar-refractivity contribution in [3.8, 4) is 0 Å². The average Bonchev–Trinajstić information content (AvgIpc) is 2.36. The number of hydrogen-bond acceptors (Lipinski definition) is 3. The predicted molar refractivity (Wildman–Crippen MR) is 82.2 cm³/mol. The fourth-order valence-electron chi connectivity index (χ4n) is 1.79. The normalized spacial score (nSPS) is 12.3. The molecule has 0 saturated carbocycles. The second kappa shape index (κ2) is 6.80. The van der Waals surface area contributed by atoms with E-state index in [2.05, 4.69) is 11.7 Å². The Hall–Kier alpha value is -1.75. The molecule has 0 aromatic heterocycles. The number of nitrogens with zero attached hydrogens (tertiary/aromatic N) is 1. The van der Waals surface area contributed by atoms with Crippen molar-refractivity contribution >= 4 is 17.4 Å². The highest BCUT2D eigenvalue weighted by atomic mass is 35.5. The smallest absolute Gasteiger partial charge is 0.171 e. The minimum Gasteiger partial charge on any atom is -0.493 e. The van der Waals surface area contributed by atoms with E-state index in [-0.39, 0.29) is 22.0 Å². The Labute approximate surface area is 129 Å². The van der Waals surface area contributed by atoms with Crippen molar-refractivity contribution in [2.24, 2.45) is 10.9 Å². The van der Waals surface area contributed by atoms with Crippen LogP contribution in [0.25, 0.3) is 0 Å². The fraction of sp³-hybridized carbons (Fsp3) is 0.400. The van der Waals surface area contributed by atoms with Gasteiger partial charge in [-0.3, -0.25) is 0 Å². The number of halogens is 2. The molecule has 1 rings (SSSR count). The minimum absolute atomic E-state index is 0.158. The van der Waals surface area contributed by atoms with Crippen LogP contribution >= 0.6 is 11.6 Å². The molecule has 0 saturated heterocycles. The predicted octanol–water partition coefficient (Wildman–Crippen LogP) is 3.84. The van der Waals surface area contributed by atoms with Gasteiger partial charge in [0.25, 0.3) is 0 Å². The van der Waals surface area contributed by atoms with Crippen LogP contribution in [-0.4, -0.2) is 16.6 Å². The van der Waals surface area contributed by atoms with Crippen LogP contribution in [0.2, 0.25) is 5.02 Å². The zero-order valence-electron chi connectivity index (χ0n) is 12.4. The quantitative estimate of drug-likeness (QED) is 0.285. The van der Waals surface area contributed by atoms with Crippen LogP contribution in [-0.2, 0) is 11.2 Å².